The second kappa shape index (κ2) is 11.7. The molecule has 3 aromatic rings. The minimum absolute atomic E-state index is 0.00542. The van der Waals surface area contributed by atoms with E-state index in [1.807, 2.05) is 0 Å². The Balaban J connectivity index is 1.56. The molecule has 0 radical (unpaired) electrons. The quantitative estimate of drug-likeness (QED) is 0.366. The first-order chi connectivity index (χ1) is 19.4. The number of carbonyl (C=O) groups excluding carboxylic acids is 2. The number of hydrogen-bond acceptors (Lipinski definition) is 4. The number of nitrogens with zero attached hydrogens (tertiary/aromatic N) is 2. The van der Waals surface area contributed by atoms with Crippen molar-refractivity contribution in [3.05, 3.63) is 101 Å². The molecule has 0 bridgehead atoms. The average Bonchev–Trinajstić information content (AvgIpc) is 2.97. The number of nitriles is 1. The number of nitrogens with one attached hydrogen (secondary N) is 1. The maximum atomic E-state index is 14.9. The monoisotopic (exact) mass is 571 g/mol. The SMILES string of the molecule is N#Cc1ccc(NC(=O)C(O)(Cc2ccccc2)C2CCN(C(=O)C(F)(F)c3ccccc3)CC2)cc1C(F)(F)F. The number of anilines is 1. The number of amides is 2. The van der Waals surface area contributed by atoms with Crippen molar-refractivity contribution in [3.63, 3.8) is 0 Å². The molecule has 1 aliphatic rings. The van der Waals surface area contributed by atoms with E-state index in [-0.39, 0.29) is 38.0 Å². The van der Waals surface area contributed by atoms with E-state index in [4.69, 9.17) is 5.26 Å². The summed E-state index contributed by atoms with van der Waals surface area (Å²) in [6.45, 7) is -0.323. The fourth-order valence-electron chi connectivity index (χ4n) is 5.04. The summed E-state index contributed by atoms with van der Waals surface area (Å²) < 4.78 is 70.2. The van der Waals surface area contributed by atoms with E-state index in [0.29, 0.717) is 11.6 Å². The molecule has 1 aliphatic heterocycles. The van der Waals surface area contributed by atoms with Gasteiger partial charge in [-0.1, -0.05) is 60.7 Å². The number of alkyl halides is 5. The van der Waals surface area contributed by atoms with Crippen molar-refractivity contribution in [2.75, 3.05) is 18.4 Å². The van der Waals surface area contributed by atoms with Gasteiger partial charge >= 0.3 is 12.1 Å². The molecule has 1 fully saturated rings. The van der Waals surface area contributed by atoms with Crippen LogP contribution in [0.15, 0.2) is 78.9 Å². The zero-order chi connectivity index (χ0) is 29.8. The lowest BCUT2D eigenvalue weighted by atomic mass is 9.76. The van der Waals surface area contributed by atoms with Crippen molar-refractivity contribution in [2.45, 2.75) is 37.0 Å². The van der Waals surface area contributed by atoms with Gasteiger partial charge in [-0.2, -0.15) is 27.2 Å². The van der Waals surface area contributed by atoms with Gasteiger partial charge in [0, 0.05) is 36.7 Å². The molecule has 214 valence electrons. The van der Waals surface area contributed by atoms with Crippen LogP contribution >= 0.6 is 0 Å². The van der Waals surface area contributed by atoms with Crippen LogP contribution in [0.2, 0.25) is 0 Å². The molecular weight excluding hydrogens is 545 g/mol. The first kappa shape index (κ1) is 29.7. The van der Waals surface area contributed by atoms with Crippen molar-refractivity contribution >= 4 is 17.5 Å². The molecule has 1 atom stereocenters. The van der Waals surface area contributed by atoms with Gasteiger partial charge in [-0.3, -0.25) is 9.59 Å². The number of likely N-dealkylation sites (tertiary alicyclic amines) is 1. The van der Waals surface area contributed by atoms with Gasteiger partial charge in [0.05, 0.1) is 17.2 Å². The van der Waals surface area contributed by atoms with Gasteiger partial charge in [0.25, 0.3) is 11.8 Å². The van der Waals surface area contributed by atoms with E-state index in [1.54, 1.807) is 36.4 Å². The fourth-order valence-corrected chi connectivity index (χ4v) is 5.04. The normalized spacial score (nSPS) is 16.0. The highest BCUT2D eigenvalue weighted by molar-refractivity contribution is 5.98. The molecule has 1 unspecified atom stereocenters. The van der Waals surface area contributed by atoms with E-state index in [0.717, 1.165) is 29.2 Å². The first-order valence-corrected chi connectivity index (χ1v) is 12.8. The molecule has 3 aromatic carbocycles. The molecule has 0 spiro atoms. The highest BCUT2D eigenvalue weighted by Crippen LogP contribution is 2.37. The molecule has 1 saturated heterocycles. The van der Waals surface area contributed by atoms with Crippen LogP contribution in [-0.4, -0.2) is 40.5 Å². The third-order valence-corrected chi connectivity index (χ3v) is 7.28. The first-order valence-electron chi connectivity index (χ1n) is 12.8. The second-order valence-corrected chi connectivity index (χ2v) is 9.92. The number of rotatable bonds is 7. The molecule has 2 amide bonds. The van der Waals surface area contributed by atoms with E-state index in [2.05, 4.69) is 5.32 Å². The number of hydrogen-bond donors (Lipinski definition) is 2. The number of carbonyl (C=O) groups is 2. The minimum atomic E-state index is -4.85. The highest BCUT2D eigenvalue weighted by atomic mass is 19.4. The maximum absolute atomic E-state index is 14.9. The summed E-state index contributed by atoms with van der Waals surface area (Å²) in [5.41, 5.74) is -4.18. The van der Waals surface area contributed by atoms with E-state index >= 15 is 0 Å². The summed E-state index contributed by atoms with van der Waals surface area (Å²) in [5, 5.41) is 23.2. The number of halogens is 5. The second-order valence-electron chi connectivity index (χ2n) is 9.92. The van der Waals surface area contributed by atoms with Gasteiger partial charge < -0.3 is 15.3 Å². The Labute approximate surface area is 233 Å². The Morgan fingerprint density at radius 1 is 0.927 bits per heavy atom. The van der Waals surface area contributed by atoms with Crippen molar-refractivity contribution in [1.82, 2.24) is 4.90 Å². The van der Waals surface area contributed by atoms with Crippen LogP contribution in [0.4, 0.5) is 27.6 Å². The summed E-state index contributed by atoms with van der Waals surface area (Å²) in [4.78, 5) is 27.2. The predicted octanol–water partition coefficient (Wildman–Crippen LogP) is 5.52. The standard InChI is InChI=1S/C30H26F5N3O3/c31-29(32,23-9-5-2-6-10-23)27(40)38-15-13-22(14-16-38)28(41,18-20-7-3-1-4-8-20)26(39)37-24-12-11-21(19-36)25(17-24)30(33,34)35/h1-12,17,22,41H,13-16,18H2,(H,37,39). The Bertz CT molecular complexity index is 1430. The molecule has 6 nitrogen and oxygen atoms in total. The smallest absolute Gasteiger partial charge is 0.379 e. The van der Waals surface area contributed by atoms with Crippen LogP contribution in [-0.2, 0) is 28.1 Å². The highest BCUT2D eigenvalue weighted by Gasteiger charge is 2.49. The summed E-state index contributed by atoms with van der Waals surface area (Å²) in [7, 11) is 0. The molecule has 1 heterocycles. The van der Waals surface area contributed by atoms with Crippen molar-refractivity contribution < 1.29 is 36.6 Å². The lowest BCUT2D eigenvalue weighted by molar-refractivity contribution is -0.162. The lowest BCUT2D eigenvalue weighted by Crippen LogP contribution is -2.55. The van der Waals surface area contributed by atoms with Crippen molar-refractivity contribution in [2.24, 2.45) is 5.92 Å². The molecule has 41 heavy (non-hydrogen) atoms. The third-order valence-electron chi connectivity index (χ3n) is 7.28. The van der Waals surface area contributed by atoms with E-state index < -0.39 is 52.1 Å². The fraction of sp³-hybridized carbons (Fsp3) is 0.300. The van der Waals surface area contributed by atoms with Crippen molar-refractivity contribution in [1.29, 1.82) is 5.26 Å². The molecule has 2 N–H and O–H groups in total. The van der Waals surface area contributed by atoms with Crippen molar-refractivity contribution in [3.8, 4) is 6.07 Å². The zero-order valence-electron chi connectivity index (χ0n) is 21.7. The summed E-state index contributed by atoms with van der Waals surface area (Å²) in [5.74, 6) is -6.95. The van der Waals surface area contributed by atoms with E-state index in [9.17, 15) is 36.6 Å². The van der Waals surface area contributed by atoms with Crippen LogP contribution in [0.5, 0.6) is 0 Å². The minimum Gasteiger partial charge on any atom is -0.379 e. The molecule has 0 aliphatic carbocycles. The molecular formula is C30H26F5N3O3. The van der Waals surface area contributed by atoms with Crippen LogP contribution in [0.3, 0.4) is 0 Å². The summed E-state index contributed by atoms with van der Waals surface area (Å²) in [6, 6.07) is 19.2. The maximum Gasteiger partial charge on any atom is 0.417 e. The summed E-state index contributed by atoms with van der Waals surface area (Å²) in [6.07, 6.45) is -5.07. The number of piperidine rings is 1. The summed E-state index contributed by atoms with van der Waals surface area (Å²) >= 11 is 0. The number of benzene rings is 3. The van der Waals surface area contributed by atoms with Crippen LogP contribution in [0.1, 0.15) is 35.1 Å². The lowest BCUT2D eigenvalue weighted by Gasteiger charge is -2.41. The van der Waals surface area contributed by atoms with Gasteiger partial charge in [-0.25, -0.2) is 0 Å². The van der Waals surface area contributed by atoms with Crippen LogP contribution in [0.25, 0.3) is 0 Å². The Hall–Kier alpha value is -4.30. The largest absolute Gasteiger partial charge is 0.417 e. The average molecular weight is 572 g/mol. The Morgan fingerprint density at radius 2 is 1.51 bits per heavy atom. The van der Waals surface area contributed by atoms with Crippen LogP contribution < -0.4 is 5.32 Å². The zero-order valence-corrected chi connectivity index (χ0v) is 21.7. The molecule has 0 saturated carbocycles. The topological polar surface area (TPSA) is 93.4 Å². The molecule has 0 aromatic heterocycles. The third kappa shape index (κ3) is 6.38. The molecule has 11 heteroatoms. The van der Waals surface area contributed by atoms with Gasteiger partial charge in [0.1, 0.15) is 5.60 Å². The van der Waals surface area contributed by atoms with Gasteiger partial charge in [0.15, 0.2) is 0 Å². The molecule has 4 rings (SSSR count). The predicted molar refractivity (Wildman–Crippen MR) is 140 cm³/mol. The Morgan fingerprint density at radius 3 is 2.07 bits per heavy atom. The van der Waals surface area contributed by atoms with Gasteiger partial charge in [0.2, 0.25) is 0 Å². The van der Waals surface area contributed by atoms with Gasteiger partial charge in [-0.05, 0) is 36.6 Å². The number of aliphatic hydroxyl groups is 1. The van der Waals surface area contributed by atoms with Crippen LogP contribution in [0, 0.1) is 17.2 Å². The van der Waals surface area contributed by atoms with E-state index in [1.165, 1.54) is 18.2 Å². The van der Waals surface area contributed by atoms with Gasteiger partial charge in [-0.15, -0.1) is 0 Å². The Kier molecular flexibility index (Phi) is 8.44.